The Bertz CT molecular complexity index is 476. The molecule has 2 atom stereocenters. The van der Waals surface area contributed by atoms with Gasteiger partial charge in [-0.1, -0.05) is 19.9 Å². The van der Waals surface area contributed by atoms with Crippen LogP contribution in [-0.4, -0.2) is 25.9 Å². The second-order valence-electron chi connectivity index (χ2n) is 5.36. The van der Waals surface area contributed by atoms with Crippen molar-refractivity contribution < 1.29 is 22.6 Å². The fraction of sp³-hybridized carbons (Fsp3) is 0.600. The molecule has 2 unspecified atom stereocenters. The number of hydrogen-bond acceptors (Lipinski definition) is 3. The zero-order valence-electron chi connectivity index (χ0n) is 12.2. The monoisotopic (exact) mass is 303 g/mol. The molecule has 2 rings (SSSR count). The van der Waals surface area contributed by atoms with Crippen molar-refractivity contribution in [3.05, 3.63) is 23.8 Å². The van der Waals surface area contributed by atoms with Crippen LogP contribution in [0.25, 0.3) is 0 Å². The van der Waals surface area contributed by atoms with Crippen molar-refractivity contribution in [3.63, 3.8) is 0 Å². The lowest BCUT2D eigenvalue weighted by molar-refractivity contribution is -0.157. The third-order valence-electron chi connectivity index (χ3n) is 3.27. The van der Waals surface area contributed by atoms with Gasteiger partial charge in [0.1, 0.15) is 6.04 Å². The predicted octanol–water partition coefficient (Wildman–Crippen LogP) is 3.70. The average Bonchev–Trinajstić information content (AvgIpc) is 2.60. The van der Waals surface area contributed by atoms with E-state index in [0.717, 1.165) is 0 Å². The summed E-state index contributed by atoms with van der Waals surface area (Å²) >= 11 is 0. The molecule has 0 saturated heterocycles. The van der Waals surface area contributed by atoms with Gasteiger partial charge in [0.05, 0.1) is 13.2 Å². The van der Waals surface area contributed by atoms with E-state index < -0.39 is 12.2 Å². The van der Waals surface area contributed by atoms with E-state index in [4.69, 9.17) is 9.47 Å². The van der Waals surface area contributed by atoms with Crippen molar-refractivity contribution in [1.29, 1.82) is 0 Å². The van der Waals surface area contributed by atoms with E-state index >= 15 is 0 Å². The number of nitrogens with one attached hydrogen (secondary N) is 1. The van der Waals surface area contributed by atoms with E-state index in [9.17, 15) is 13.2 Å². The summed E-state index contributed by atoms with van der Waals surface area (Å²) in [6.45, 7) is 5.04. The van der Waals surface area contributed by atoms with Gasteiger partial charge in [0.15, 0.2) is 11.5 Å². The summed E-state index contributed by atoms with van der Waals surface area (Å²) < 4.78 is 50.6. The van der Waals surface area contributed by atoms with Crippen LogP contribution >= 0.6 is 0 Å². The third-order valence-corrected chi connectivity index (χ3v) is 3.27. The maximum atomic E-state index is 13.2. The van der Waals surface area contributed by atoms with Crippen molar-refractivity contribution in [2.75, 3.05) is 19.8 Å². The Morgan fingerprint density at radius 1 is 1.24 bits per heavy atom. The van der Waals surface area contributed by atoms with Crippen molar-refractivity contribution in [2.24, 2.45) is 5.92 Å². The highest BCUT2D eigenvalue weighted by Gasteiger charge is 2.40. The third kappa shape index (κ3) is 4.03. The number of ether oxygens (including phenoxy) is 2. The van der Waals surface area contributed by atoms with Gasteiger partial charge in [-0.15, -0.1) is 0 Å². The SMILES string of the molecule is CCCNC(c1ccc2c(c1)OCC(C)CO2)C(F)(F)F. The lowest BCUT2D eigenvalue weighted by Crippen LogP contribution is -2.34. The summed E-state index contributed by atoms with van der Waals surface area (Å²) in [6, 6.07) is 2.73. The molecular weight excluding hydrogens is 283 g/mol. The van der Waals surface area contributed by atoms with Gasteiger partial charge in [0.25, 0.3) is 0 Å². The topological polar surface area (TPSA) is 30.5 Å². The van der Waals surface area contributed by atoms with Crippen molar-refractivity contribution in [1.82, 2.24) is 5.32 Å². The lowest BCUT2D eigenvalue weighted by Gasteiger charge is -2.22. The molecule has 1 N–H and O–H groups in total. The van der Waals surface area contributed by atoms with Gasteiger partial charge in [0.2, 0.25) is 0 Å². The Morgan fingerprint density at radius 2 is 1.90 bits per heavy atom. The fourth-order valence-corrected chi connectivity index (χ4v) is 2.16. The quantitative estimate of drug-likeness (QED) is 0.920. The zero-order valence-corrected chi connectivity index (χ0v) is 12.2. The summed E-state index contributed by atoms with van der Waals surface area (Å²) in [5.41, 5.74) is 0.146. The van der Waals surface area contributed by atoms with E-state index in [-0.39, 0.29) is 11.5 Å². The van der Waals surface area contributed by atoms with Crippen LogP contribution in [0.2, 0.25) is 0 Å². The van der Waals surface area contributed by atoms with Gasteiger partial charge >= 0.3 is 6.18 Å². The molecule has 1 aliphatic heterocycles. The first-order valence-corrected chi connectivity index (χ1v) is 7.11. The number of fused-ring (bicyclic) bond motifs is 1. The van der Waals surface area contributed by atoms with Gasteiger partial charge in [0, 0.05) is 5.92 Å². The number of halogens is 3. The van der Waals surface area contributed by atoms with Crippen LogP contribution in [0.4, 0.5) is 13.2 Å². The second kappa shape index (κ2) is 6.56. The van der Waals surface area contributed by atoms with Gasteiger partial charge in [-0.25, -0.2) is 0 Å². The highest BCUT2D eigenvalue weighted by atomic mass is 19.4. The predicted molar refractivity (Wildman–Crippen MR) is 73.7 cm³/mol. The molecule has 1 aromatic carbocycles. The molecule has 0 aliphatic carbocycles. The Labute approximate surface area is 122 Å². The van der Waals surface area contributed by atoms with Crippen LogP contribution in [0.3, 0.4) is 0 Å². The van der Waals surface area contributed by atoms with Crippen molar-refractivity contribution >= 4 is 0 Å². The van der Waals surface area contributed by atoms with Crippen LogP contribution in [0.5, 0.6) is 11.5 Å². The minimum atomic E-state index is -4.34. The van der Waals surface area contributed by atoms with E-state index in [1.54, 1.807) is 6.07 Å². The Hall–Kier alpha value is -1.43. The molecule has 0 aromatic heterocycles. The second-order valence-corrected chi connectivity index (χ2v) is 5.36. The Kier molecular flexibility index (Phi) is 4.98. The summed E-state index contributed by atoms with van der Waals surface area (Å²) in [5.74, 6) is 1.08. The largest absolute Gasteiger partial charge is 0.489 e. The molecule has 0 spiro atoms. The smallest absolute Gasteiger partial charge is 0.407 e. The van der Waals surface area contributed by atoms with Crippen molar-refractivity contribution in [2.45, 2.75) is 32.5 Å². The number of alkyl halides is 3. The van der Waals surface area contributed by atoms with Crippen molar-refractivity contribution in [3.8, 4) is 11.5 Å². The lowest BCUT2D eigenvalue weighted by atomic mass is 10.1. The molecule has 1 aliphatic rings. The number of benzene rings is 1. The molecule has 3 nitrogen and oxygen atoms in total. The summed E-state index contributed by atoms with van der Waals surface area (Å²) in [4.78, 5) is 0. The van der Waals surface area contributed by atoms with Gasteiger partial charge in [-0.2, -0.15) is 13.2 Å². The van der Waals surface area contributed by atoms with Gasteiger partial charge < -0.3 is 14.8 Å². The number of rotatable bonds is 4. The molecule has 118 valence electrons. The first-order valence-electron chi connectivity index (χ1n) is 7.11. The highest BCUT2D eigenvalue weighted by molar-refractivity contribution is 5.44. The maximum absolute atomic E-state index is 13.2. The molecule has 1 heterocycles. The van der Waals surface area contributed by atoms with Crippen LogP contribution < -0.4 is 14.8 Å². The minimum Gasteiger partial charge on any atom is -0.489 e. The van der Waals surface area contributed by atoms with Crippen LogP contribution in [-0.2, 0) is 0 Å². The molecular formula is C15H20F3NO2. The summed E-state index contributed by atoms with van der Waals surface area (Å²) in [5, 5.41) is 2.54. The standard InChI is InChI=1S/C15H20F3NO2/c1-3-6-19-14(15(16,17)18)11-4-5-12-13(7-11)21-9-10(2)8-20-12/h4-5,7,10,14,19H,3,6,8-9H2,1-2H3. The fourth-order valence-electron chi connectivity index (χ4n) is 2.16. The van der Waals surface area contributed by atoms with Crippen LogP contribution in [0.1, 0.15) is 31.9 Å². The molecule has 0 saturated carbocycles. The molecule has 0 bridgehead atoms. The first kappa shape index (κ1) is 15.9. The highest BCUT2D eigenvalue weighted by Crippen LogP contribution is 2.38. The number of hydrogen-bond donors (Lipinski definition) is 1. The molecule has 21 heavy (non-hydrogen) atoms. The average molecular weight is 303 g/mol. The molecule has 6 heteroatoms. The molecule has 0 fully saturated rings. The molecule has 0 radical (unpaired) electrons. The van der Waals surface area contributed by atoms with Gasteiger partial charge in [-0.05, 0) is 30.7 Å². The normalized spacial score (nSPS) is 20.0. The van der Waals surface area contributed by atoms with Crippen LogP contribution in [0.15, 0.2) is 18.2 Å². The molecule has 0 amide bonds. The minimum absolute atomic E-state index is 0.146. The van der Waals surface area contributed by atoms with E-state index in [2.05, 4.69) is 5.32 Å². The summed E-state index contributed by atoms with van der Waals surface area (Å²) in [7, 11) is 0. The zero-order chi connectivity index (χ0) is 15.5. The Morgan fingerprint density at radius 3 is 2.52 bits per heavy atom. The van der Waals surface area contributed by atoms with Gasteiger partial charge in [-0.3, -0.25) is 0 Å². The Balaban J connectivity index is 2.26. The first-order chi connectivity index (χ1) is 9.91. The molecule has 1 aromatic rings. The van der Waals surface area contributed by atoms with E-state index in [1.165, 1.54) is 12.1 Å². The van der Waals surface area contributed by atoms with Crippen LogP contribution in [0, 0.1) is 5.92 Å². The van der Waals surface area contributed by atoms with E-state index in [1.807, 2.05) is 13.8 Å². The maximum Gasteiger partial charge on any atom is 0.407 e. The van der Waals surface area contributed by atoms with E-state index in [0.29, 0.717) is 37.7 Å². The summed E-state index contributed by atoms with van der Waals surface area (Å²) in [6.07, 6.45) is -3.71.